The summed E-state index contributed by atoms with van der Waals surface area (Å²) in [5.74, 6) is 1.77. The molecule has 0 bridgehead atoms. The number of nitrogens with zero attached hydrogens (tertiary/aromatic N) is 2. The zero-order valence-corrected chi connectivity index (χ0v) is 16.0. The van der Waals surface area contributed by atoms with Gasteiger partial charge in [-0.3, -0.25) is 0 Å². The van der Waals surface area contributed by atoms with Gasteiger partial charge in [0.1, 0.15) is 16.2 Å². The minimum absolute atomic E-state index is 0.0448. The lowest BCUT2D eigenvalue weighted by Crippen LogP contribution is -2.24. The van der Waals surface area contributed by atoms with Crippen LogP contribution in [0.2, 0.25) is 0 Å². The van der Waals surface area contributed by atoms with Gasteiger partial charge in [-0.15, -0.1) is 0 Å². The van der Waals surface area contributed by atoms with Gasteiger partial charge in [0.05, 0.1) is 0 Å². The van der Waals surface area contributed by atoms with Crippen LogP contribution in [-0.4, -0.2) is 16.5 Å². The van der Waals surface area contributed by atoms with Crippen molar-refractivity contribution in [1.29, 1.82) is 0 Å². The molecule has 0 spiro atoms. The SMILES string of the molecule is CCCCCC(C)(C)CNc1cc(Br)nc(C(C)(C)C)n1. The van der Waals surface area contributed by atoms with E-state index in [4.69, 9.17) is 0 Å². The van der Waals surface area contributed by atoms with Crippen LogP contribution in [0.15, 0.2) is 10.7 Å². The second-order valence-electron chi connectivity index (χ2n) is 7.62. The number of halogens is 1. The van der Waals surface area contributed by atoms with E-state index in [2.05, 4.69) is 72.8 Å². The van der Waals surface area contributed by atoms with Gasteiger partial charge in [0.15, 0.2) is 0 Å². The molecule has 1 aromatic rings. The Hall–Kier alpha value is -0.640. The molecule has 1 heterocycles. The fourth-order valence-corrected chi connectivity index (χ4v) is 2.50. The maximum Gasteiger partial charge on any atom is 0.137 e. The largest absolute Gasteiger partial charge is 0.369 e. The van der Waals surface area contributed by atoms with Crippen molar-refractivity contribution < 1.29 is 0 Å². The smallest absolute Gasteiger partial charge is 0.137 e. The highest BCUT2D eigenvalue weighted by molar-refractivity contribution is 9.10. The van der Waals surface area contributed by atoms with Crippen LogP contribution >= 0.6 is 15.9 Å². The highest BCUT2D eigenvalue weighted by Crippen LogP contribution is 2.26. The van der Waals surface area contributed by atoms with E-state index in [1.807, 2.05) is 6.07 Å². The van der Waals surface area contributed by atoms with Crippen LogP contribution in [0, 0.1) is 5.41 Å². The van der Waals surface area contributed by atoms with Crippen LogP contribution in [0.3, 0.4) is 0 Å². The molecule has 0 saturated heterocycles. The average Bonchev–Trinajstić information content (AvgIpc) is 2.35. The number of aromatic nitrogens is 2. The first kappa shape index (κ1) is 18.4. The minimum atomic E-state index is -0.0448. The molecule has 0 saturated carbocycles. The van der Waals surface area contributed by atoms with Crippen molar-refractivity contribution in [2.75, 3.05) is 11.9 Å². The number of hydrogen-bond donors (Lipinski definition) is 1. The molecule has 1 rings (SSSR count). The number of unbranched alkanes of at least 4 members (excludes halogenated alkanes) is 2. The van der Waals surface area contributed by atoms with Gasteiger partial charge in [0.2, 0.25) is 0 Å². The van der Waals surface area contributed by atoms with E-state index >= 15 is 0 Å². The van der Waals surface area contributed by atoms with Crippen molar-refractivity contribution in [2.45, 2.75) is 72.6 Å². The van der Waals surface area contributed by atoms with Crippen molar-refractivity contribution in [3.8, 4) is 0 Å². The first-order chi connectivity index (χ1) is 9.64. The summed E-state index contributed by atoms with van der Waals surface area (Å²) in [6.07, 6.45) is 5.13. The van der Waals surface area contributed by atoms with E-state index in [-0.39, 0.29) is 10.8 Å². The second kappa shape index (κ2) is 7.57. The molecular formula is C17H30BrN3. The lowest BCUT2D eigenvalue weighted by Gasteiger charge is -2.26. The van der Waals surface area contributed by atoms with Gasteiger partial charge in [-0.1, -0.05) is 60.8 Å². The molecule has 1 N–H and O–H groups in total. The quantitative estimate of drug-likeness (QED) is 0.514. The molecule has 0 atom stereocenters. The van der Waals surface area contributed by atoms with E-state index in [0.717, 1.165) is 22.8 Å². The molecule has 0 unspecified atom stereocenters. The summed E-state index contributed by atoms with van der Waals surface area (Å²) in [5.41, 5.74) is 0.241. The van der Waals surface area contributed by atoms with Gasteiger partial charge >= 0.3 is 0 Å². The van der Waals surface area contributed by atoms with Crippen LogP contribution in [0.25, 0.3) is 0 Å². The van der Waals surface area contributed by atoms with E-state index in [1.54, 1.807) is 0 Å². The van der Waals surface area contributed by atoms with E-state index in [0.29, 0.717) is 0 Å². The number of anilines is 1. The molecule has 3 nitrogen and oxygen atoms in total. The summed E-state index contributed by atoms with van der Waals surface area (Å²) >= 11 is 3.49. The van der Waals surface area contributed by atoms with Crippen LogP contribution in [0.5, 0.6) is 0 Å². The summed E-state index contributed by atoms with van der Waals surface area (Å²) < 4.78 is 0.841. The molecule has 0 aliphatic heterocycles. The zero-order chi connectivity index (χ0) is 16.1. The van der Waals surface area contributed by atoms with Crippen molar-refractivity contribution in [2.24, 2.45) is 5.41 Å². The topological polar surface area (TPSA) is 37.8 Å². The molecule has 1 aromatic heterocycles. The molecule has 4 heteroatoms. The Morgan fingerprint density at radius 2 is 1.76 bits per heavy atom. The monoisotopic (exact) mass is 355 g/mol. The first-order valence-electron chi connectivity index (χ1n) is 7.93. The lowest BCUT2D eigenvalue weighted by molar-refractivity contribution is 0.342. The van der Waals surface area contributed by atoms with Gasteiger partial charge < -0.3 is 5.32 Å². The van der Waals surface area contributed by atoms with Crippen molar-refractivity contribution >= 4 is 21.7 Å². The minimum Gasteiger partial charge on any atom is -0.369 e. The van der Waals surface area contributed by atoms with Gasteiger partial charge in [-0.05, 0) is 27.8 Å². The van der Waals surface area contributed by atoms with Crippen LogP contribution in [0.4, 0.5) is 5.82 Å². The molecule has 0 aromatic carbocycles. The molecule has 120 valence electrons. The molecule has 0 aliphatic rings. The Morgan fingerprint density at radius 1 is 1.10 bits per heavy atom. The summed E-state index contributed by atoms with van der Waals surface area (Å²) in [6.45, 7) is 14.2. The Bertz CT molecular complexity index is 450. The fraction of sp³-hybridized carbons (Fsp3) is 0.765. The molecule has 0 aliphatic carbocycles. The molecular weight excluding hydrogens is 326 g/mol. The fourth-order valence-electron chi connectivity index (χ4n) is 2.12. The van der Waals surface area contributed by atoms with Crippen LogP contribution in [-0.2, 0) is 5.41 Å². The van der Waals surface area contributed by atoms with Crippen molar-refractivity contribution in [3.05, 3.63) is 16.5 Å². The molecule has 21 heavy (non-hydrogen) atoms. The molecule has 0 radical (unpaired) electrons. The van der Waals surface area contributed by atoms with Gasteiger partial charge in [0.25, 0.3) is 0 Å². The standard InChI is InChI=1S/C17H30BrN3/c1-7-8-9-10-17(5,6)12-19-14-11-13(18)20-15(21-14)16(2,3)4/h11H,7-10,12H2,1-6H3,(H,19,20,21). The Morgan fingerprint density at radius 3 is 2.33 bits per heavy atom. The Balaban J connectivity index is 2.69. The van der Waals surface area contributed by atoms with E-state index in [9.17, 15) is 0 Å². The predicted octanol–water partition coefficient (Wildman–Crippen LogP) is 5.56. The lowest BCUT2D eigenvalue weighted by atomic mass is 9.87. The summed E-state index contributed by atoms with van der Waals surface area (Å²) in [4.78, 5) is 9.13. The third-order valence-corrected chi connectivity index (χ3v) is 3.98. The van der Waals surface area contributed by atoms with E-state index in [1.165, 1.54) is 25.7 Å². The second-order valence-corrected chi connectivity index (χ2v) is 8.44. The van der Waals surface area contributed by atoms with Crippen molar-refractivity contribution in [1.82, 2.24) is 9.97 Å². The Labute approximate surface area is 138 Å². The number of rotatable bonds is 7. The predicted molar refractivity (Wildman–Crippen MR) is 94.8 cm³/mol. The molecule has 0 amide bonds. The number of hydrogen-bond acceptors (Lipinski definition) is 3. The van der Waals surface area contributed by atoms with Crippen LogP contribution < -0.4 is 5.32 Å². The summed E-state index contributed by atoms with van der Waals surface area (Å²) in [7, 11) is 0. The third-order valence-electron chi connectivity index (χ3n) is 3.57. The highest BCUT2D eigenvalue weighted by atomic mass is 79.9. The van der Waals surface area contributed by atoms with Gasteiger partial charge in [0, 0.05) is 18.0 Å². The molecule has 0 fully saturated rings. The van der Waals surface area contributed by atoms with Crippen molar-refractivity contribution in [3.63, 3.8) is 0 Å². The third kappa shape index (κ3) is 6.77. The Kier molecular flexibility index (Phi) is 6.64. The van der Waals surface area contributed by atoms with Crippen LogP contribution in [0.1, 0.15) is 73.1 Å². The van der Waals surface area contributed by atoms with Gasteiger partial charge in [-0.2, -0.15) is 0 Å². The van der Waals surface area contributed by atoms with Gasteiger partial charge in [-0.25, -0.2) is 9.97 Å². The summed E-state index contributed by atoms with van der Waals surface area (Å²) in [5, 5.41) is 3.48. The number of nitrogens with one attached hydrogen (secondary N) is 1. The summed E-state index contributed by atoms with van der Waals surface area (Å²) in [6, 6.07) is 1.96. The average molecular weight is 356 g/mol. The maximum absolute atomic E-state index is 4.65. The van der Waals surface area contributed by atoms with E-state index < -0.39 is 0 Å². The first-order valence-corrected chi connectivity index (χ1v) is 8.72. The maximum atomic E-state index is 4.65. The highest BCUT2D eigenvalue weighted by Gasteiger charge is 2.20. The normalized spacial score (nSPS) is 12.5. The zero-order valence-electron chi connectivity index (χ0n) is 14.4.